The number of guanidine groups is 1. The number of para-hydroxylation sites is 2. The highest BCUT2D eigenvalue weighted by Crippen LogP contribution is 2.26. The van der Waals surface area contributed by atoms with Crippen molar-refractivity contribution < 1.29 is 9.53 Å². The molecule has 1 atom stereocenters. The number of aromatic nitrogens is 2. The van der Waals surface area contributed by atoms with E-state index in [1.165, 1.54) is 5.56 Å². The normalized spacial score (nSPS) is 12.3. The Hall–Kier alpha value is -4.56. The van der Waals surface area contributed by atoms with Crippen molar-refractivity contribution in [1.82, 2.24) is 10.2 Å². The predicted octanol–water partition coefficient (Wildman–Crippen LogP) is 5.32. The van der Waals surface area contributed by atoms with E-state index >= 15 is 0 Å². The van der Waals surface area contributed by atoms with E-state index in [1.54, 1.807) is 30.3 Å². The highest BCUT2D eigenvalue weighted by molar-refractivity contribution is 5.95. The van der Waals surface area contributed by atoms with Gasteiger partial charge in [0.15, 0.2) is 17.5 Å². The van der Waals surface area contributed by atoms with Crippen molar-refractivity contribution in [1.29, 1.82) is 0 Å². The zero-order valence-electron chi connectivity index (χ0n) is 20.8. The number of rotatable bonds is 8. The number of nitrogens with two attached hydrogens (primary N) is 2. The molecule has 0 aliphatic carbocycles. The van der Waals surface area contributed by atoms with E-state index in [4.69, 9.17) is 16.2 Å². The molecule has 0 radical (unpaired) electrons. The Labute approximate surface area is 216 Å². The second-order valence-corrected chi connectivity index (χ2v) is 8.87. The molecule has 4 rings (SSSR count). The molecule has 1 aromatic heterocycles. The number of esters is 1. The molecule has 0 aliphatic rings. The molecule has 3 aromatic carbocycles. The first-order chi connectivity index (χ1) is 17.9. The molecular formula is C29H30N6O2. The summed E-state index contributed by atoms with van der Waals surface area (Å²) in [6.07, 6.45) is 0.0300. The molecule has 1 heterocycles. The maximum Gasteiger partial charge on any atom is 0.313 e. The minimum atomic E-state index is -0.474. The third-order valence-corrected chi connectivity index (χ3v) is 5.75. The average molecular weight is 495 g/mol. The van der Waals surface area contributed by atoms with Crippen LogP contribution in [0.5, 0.6) is 5.75 Å². The number of aliphatic imine (C=N–C) groups is 1. The number of ether oxygens (including phenoxy) is 1. The number of benzene rings is 3. The van der Waals surface area contributed by atoms with E-state index in [2.05, 4.69) is 34.4 Å². The van der Waals surface area contributed by atoms with Crippen molar-refractivity contribution >= 4 is 23.4 Å². The number of carbonyl (C=O) groups excluding carboxylic acids is 1. The summed E-state index contributed by atoms with van der Waals surface area (Å²) >= 11 is 0. The Bertz CT molecular complexity index is 1350. The van der Waals surface area contributed by atoms with Gasteiger partial charge in [-0.2, -0.15) is 4.99 Å². The van der Waals surface area contributed by atoms with Gasteiger partial charge >= 0.3 is 5.97 Å². The summed E-state index contributed by atoms with van der Waals surface area (Å²) in [6, 6.07) is 27.7. The molecule has 0 spiro atoms. The van der Waals surface area contributed by atoms with Crippen molar-refractivity contribution in [3.63, 3.8) is 0 Å². The fourth-order valence-corrected chi connectivity index (χ4v) is 3.69. The summed E-state index contributed by atoms with van der Waals surface area (Å²) in [5.41, 5.74) is 16.6. The van der Waals surface area contributed by atoms with Crippen molar-refractivity contribution in [3.8, 4) is 17.0 Å². The molecule has 4 aromatic rings. The van der Waals surface area contributed by atoms with Crippen LogP contribution in [0.15, 0.2) is 96.0 Å². The van der Waals surface area contributed by atoms with Crippen LogP contribution in [0, 0.1) is 0 Å². The first-order valence-corrected chi connectivity index (χ1v) is 12.0. The molecule has 0 aliphatic heterocycles. The second kappa shape index (κ2) is 11.9. The molecule has 0 saturated carbocycles. The van der Waals surface area contributed by atoms with Gasteiger partial charge in [0.2, 0.25) is 0 Å². The smallest absolute Gasteiger partial charge is 0.313 e. The van der Waals surface area contributed by atoms with Gasteiger partial charge in [-0.25, -0.2) is 0 Å². The van der Waals surface area contributed by atoms with Crippen LogP contribution in [-0.2, 0) is 4.79 Å². The summed E-state index contributed by atoms with van der Waals surface area (Å²) in [4.78, 5) is 16.9. The maximum absolute atomic E-state index is 12.6. The summed E-state index contributed by atoms with van der Waals surface area (Å²) in [7, 11) is 0. The van der Waals surface area contributed by atoms with E-state index in [0.717, 1.165) is 16.8 Å². The lowest BCUT2D eigenvalue weighted by Crippen LogP contribution is -2.23. The Balaban J connectivity index is 1.39. The molecule has 188 valence electrons. The molecular weight excluding hydrogens is 464 g/mol. The van der Waals surface area contributed by atoms with Crippen molar-refractivity contribution in [3.05, 3.63) is 102 Å². The Morgan fingerprint density at radius 2 is 1.57 bits per heavy atom. The van der Waals surface area contributed by atoms with Gasteiger partial charge in [-0.05, 0) is 41.3 Å². The first-order valence-electron chi connectivity index (χ1n) is 12.0. The summed E-state index contributed by atoms with van der Waals surface area (Å²) in [6.45, 7) is 4.26. The quantitative estimate of drug-likeness (QED) is 0.131. The van der Waals surface area contributed by atoms with Gasteiger partial charge in [0.05, 0.1) is 17.8 Å². The number of hydrogen-bond acceptors (Lipinski definition) is 6. The third-order valence-electron chi connectivity index (χ3n) is 5.75. The van der Waals surface area contributed by atoms with Crippen molar-refractivity contribution in [2.75, 3.05) is 5.32 Å². The predicted molar refractivity (Wildman–Crippen MR) is 147 cm³/mol. The van der Waals surface area contributed by atoms with E-state index in [1.807, 2.05) is 60.7 Å². The van der Waals surface area contributed by atoms with Gasteiger partial charge in [0.25, 0.3) is 0 Å². The van der Waals surface area contributed by atoms with Crippen LogP contribution in [0.2, 0.25) is 0 Å². The van der Waals surface area contributed by atoms with Gasteiger partial charge in [-0.1, -0.05) is 80.6 Å². The average Bonchev–Trinajstić information content (AvgIpc) is 2.90. The standard InChI is InChI=1S/C29H30N6O2/c1-19(2)20-12-14-21(15-13-20)23(30)18-28(36)37-26-11-7-6-10-25(26)32-29(31)33-27-17-16-24(34-35-27)22-8-4-3-5-9-22/h3-17,19,23H,18,30H2,1-2H3,(H3,31,32,33,35). The largest absolute Gasteiger partial charge is 0.424 e. The summed E-state index contributed by atoms with van der Waals surface area (Å²) in [5.74, 6) is 0.711. The zero-order valence-corrected chi connectivity index (χ0v) is 20.8. The Morgan fingerprint density at radius 1 is 0.892 bits per heavy atom. The van der Waals surface area contributed by atoms with Crippen LogP contribution >= 0.6 is 0 Å². The fraction of sp³-hybridized carbons (Fsp3) is 0.172. The second-order valence-electron chi connectivity index (χ2n) is 8.87. The highest BCUT2D eigenvalue weighted by atomic mass is 16.5. The summed E-state index contributed by atoms with van der Waals surface area (Å²) < 4.78 is 5.60. The van der Waals surface area contributed by atoms with E-state index in [-0.39, 0.29) is 12.4 Å². The minimum absolute atomic E-state index is 0.0300. The highest BCUT2D eigenvalue weighted by Gasteiger charge is 2.16. The van der Waals surface area contributed by atoms with Gasteiger partial charge < -0.3 is 21.5 Å². The van der Waals surface area contributed by atoms with Crippen LogP contribution in [0.1, 0.15) is 43.4 Å². The molecule has 0 amide bonds. The lowest BCUT2D eigenvalue weighted by Gasteiger charge is -2.15. The zero-order chi connectivity index (χ0) is 26.2. The van der Waals surface area contributed by atoms with E-state index in [9.17, 15) is 4.79 Å². The maximum atomic E-state index is 12.6. The molecule has 1 unspecified atom stereocenters. The molecule has 8 heteroatoms. The third kappa shape index (κ3) is 6.99. The lowest BCUT2D eigenvalue weighted by molar-refractivity contribution is -0.134. The molecule has 0 saturated heterocycles. The van der Waals surface area contributed by atoms with Crippen LogP contribution in [-0.4, -0.2) is 22.1 Å². The Kier molecular flexibility index (Phi) is 8.22. The van der Waals surface area contributed by atoms with Crippen LogP contribution in [0.25, 0.3) is 11.3 Å². The number of hydrogen-bond donors (Lipinski definition) is 3. The monoisotopic (exact) mass is 494 g/mol. The van der Waals surface area contributed by atoms with Crippen LogP contribution in [0.3, 0.4) is 0 Å². The number of nitrogens with zero attached hydrogens (tertiary/aromatic N) is 3. The lowest BCUT2D eigenvalue weighted by atomic mass is 9.98. The molecule has 37 heavy (non-hydrogen) atoms. The molecule has 0 bridgehead atoms. The molecule has 5 N–H and O–H groups in total. The van der Waals surface area contributed by atoms with E-state index < -0.39 is 12.0 Å². The fourth-order valence-electron chi connectivity index (χ4n) is 3.69. The van der Waals surface area contributed by atoms with Gasteiger partial charge in [-0.15, -0.1) is 10.2 Å². The molecule has 8 nitrogen and oxygen atoms in total. The summed E-state index contributed by atoms with van der Waals surface area (Å²) in [5, 5.41) is 11.3. The number of anilines is 1. The SMILES string of the molecule is CC(C)c1ccc(C(N)CC(=O)Oc2ccccc2NC(N)=Nc2ccc(-c3ccccc3)nn2)cc1. The van der Waals surface area contributed by atoms with Gasteiger partial charge in [-0.3, -0.25) is 4.79 Å². The number of carbonyl (C=O) groups is 1. The number of nitrogens with one attached hydrogen (secondary N) is 1. The van der Waals surface area contributed by atoms with Gasteiger partial charge in [0.1, 0.15) is 0 Å². The topological polar surface area (TPSA) is 129 Å². The van der Waals surface area contributed by atoms with Crippen molar-refractivity contribution in [2.24, 2.45) is 16.5 Å². The first kappa shape index (κ1) is 25.5. The van der Waals surface area contributed by atoms with Gasteiger partial charge in [0, 0.05) is 11.6 Å². The van der Waals surface area contributed by atoms with E-state index in [0.29, 0.717) is 23.2 Å². The molecule has 0 fully saturated rings. The van der Waals surface area contributed by atoms with Crippen LogP contribution < -0.4 is 21.5 Å². The minimum Gasteiger partial charge on any atom is -0.424 e. The van der Waals surface area contributed by atoms with Crippen LogP contribution in [0.4, 0.5) is 11.5 Å². The van der Waals surface area contributed by atoms with Crippen molar-refractivity contribution in [2.45, 2.75) is 32.2 Å². The Morgan fingerprint density at radius 3 is 2.24 bits per heavy atom.